The number of methoxy groups -OCH3 is 1. The number of rotatable bonds is 3. The molecule has 0 fully saturated rings. The summed E-state index contributed by atoms with van der Waals surface area (Å²) < 4.78 is 7.23. The van der Waals surface area contributed by atoms with Crippen molar-refractivity contribution < 1.29 is 9.53 Å². The fraction of sp³-hybridized carbons (Fsp3) is 0.400. The lowest BCUT2D eigenvalue weighted by atomic mass is 9.87. The fourth-order valence-electron chi connectivity index (χ4n) is 4.03. The molecule has 1 amide bonds. The van der Waals surface area contributed by atoms with E-state index in [9.17, 15) is 9.59 Å². The van der Waals surface area contributed by atoms with E-state index >= 15 is 0 Å². The van der Waals surface area contributed by atoms with Crippen LogP contribution in [0.1, 0.15) is 61.8 Å². The van der Waals surface area contributed by atoms with Gasteiger partial charge >= 0.3 is 0 Å². The predicted octanol–water partition coefficient (Wildman–Crippen LogP) is 4.68. The van der Waals surface area contributed by atoms with Gasteiger partial charge in [-0.2, -0.15) is 0 Å². The fourth-order valence-corrected chi connectivity index (χ4v) is 4.03. The number of carbonyl (C=O) groups excluding carboxylic acids is 1. The molecule has 0 bridgehead atoms. The lowest BCUT2D eigenvalue weighted by Crippen LogP contribution is -2.24. The smallest absolute Gasteiger partial charge is 0.261 e. The summed E-state index contributed by atoms with van der Waals surface area (Å²) in [7, 11) is 1.58. The lowest BCUT2D eigenvalue weighted by molar-refractivity contribution is 0.102. The number of hydrogen-bond donors (Lipinski definition) is 1. The third-order valence-corrected chi connectivity index (χ3v) is 5.89. The highest BCUT2D eigenvalue weighted by molar-refractivity contribution is 6.06. The predicted molar refractivity (Wildman–Crippen MR) is 123 cm³/mol. The van der Waals surface area contributed by atoms with Crippen LogP contribution < -0.4 is 15.6 Å². The monoisotopic (exact) mass is 419 g/mol. The number of benzene rings is 2. The van der Waals surface area contributed by atoms with Gasteiger partial charge in [-0.25, -0.2) is 4.98 Å². The van der Waals surface area contributed by atoms with Gasteiger partial charge in [-0.05, 0) is 54.2 Å². The maximum absolute atomic E-state index is 13.0. The first-order valence-electron chi connectivity index (χ1n) is 10.8. The lowest BCUT2D eigenvalue weighted by Gasteiger charge is -2.21. The number of aromatic nitrogens is 2. The Bertz CT molecular complexity index is 1210. The van der Waals surface area contributed by atoms with Crippen molar-refractivity contribution in [2.75, 3.05) is 12.4 Å². The number of nitrogens with one attached hydrogen (secondary N) is 1. The molecule has 0 spiro atoms. The van der Waals surface area contributed by atoms with Gasteiger partial charge in [0.05, 0.1) is 23.7 Å². The van der Waals surface area contributed by atoms with Crippen LogP contribution in [-0.2, 0) is 18.4 Å². The number of fused-ring (bicyclic) bond motifs is 2. The molecule has 2 aromatic carbocycles. The molecule has 1 aliphatic rings. The molecule has 31 heavy (non-hydrogen) atoms. The largest absolute Gasteiger partial charge is 0.495 e. The van der Waals surface area contributed by atoms with Crippen molar-refractivity contribution in [2.45, 2.75) is 58.4 Å². The van der Waals surface area contributed by atoms with Crippen molar-refractivity contribution in [1.82, 2.24) is 9.55 Å². The highest BCUT2D eigenvalue weighted by atomic mass is 16.5. The van der Waals surface area contributed by atoms with Crippen LogP contribution >= 0.6 is 0 Å². The van der Waals surface area contributed by atoms with Gasteiger partial charge in [-0.1, -0.05) is 33.3 Å². The molecular weight excluding hydrogens is 390 g/mol. The molecule has 1 aliphatic heterocycles. The number of carbonyl (C=O) groups is 1. The highest BCUT2D eigenvalue weighted by Crippen LogP contribution is 2.31. The molecule has 6 nitrogen and oxygen atoms in total. The Morgan fingerprint density at radius 2 is 1.90 bits per heavy atom. The topological polar surface area (TPSA) is 73.2 Å². The Kier molecular flexibility index (Phi) is 5.56. The summed E-state index contributed by atoms with van der Waals surface area (Å²) in [4.78, 5) is 30.7. The summed E-state index contributed by atoms with van der Waals surface area (Å²) in [6.07, 6.45) is 3.92. The third-order valence-electron chi connectivity index (χ3n) is 5.89. The zero-order valence-electron chi connectivity index (χ0n) is 18.6. The zero-order valence-corrected chi connectivity index (χ0v) is 18.6. The second-order valence-electron chi connectivity index (χ2n) is 9.15. The maximum atomic E-state index is 13.0. The molecule has 0 aliphatic carbocycles. The molecule has 1 aromatic heterocycles. The van der Waals surface area contributed by atoms with Crippen LogP contribution in [0.15, 0.2) is 41.2 Å². The Labute approximate surface area is 182 Å². The van der Waals surface area contributed by atoms with Gasteiger partial charge in [0.1, 0.15) is 11.6 Å². The molecule has 1 N–H and O–H groups in total. The standard InChI is InChI=1S/C25H29N3O3/c1-25(2,3)17-10-12-21(31-4)20(15-17)27-23(29)16-9-11-18-19(14-16)26-22-8-6-5-7-13-28(22)24(18)30/h9-12,14-15H,5-8,13H2,1-4H3,(H,27,29). The van der Waals surface area contributed by atoms with E-state index < -0.39 is 0 Å². The van der Waals surface area contributed by atoms with Crippen molar-refractivity contribution in [1.29, 1.82) is 0 Å². The van der Waals surface area contributed by atoms with Crippen LogP contribution in [-0.4, -0.2) is 22.6 Å². The normalized spacial score (nSPS) is 14.1. The first-order valence-corrected chi connectivity index (χ1v) is 10.8. The van der Waals surface area contributed by atoms with Crippen LogP contribution in [0.4, 0.5) is 5.69 Å². The highest BCUT2D eigenvalue weighted by Gasteiger charge is 2.19. The molecule has 3 aromatic rings. The quantitative estimate of drug-likeness (QED) is 0.669. The Morgan fingerprint density at radius 1 is 1.10 bits per heavy atom. The molecule has 0 saturated carbocycles. The van der Waals surface area contributed by atoms with E-state index in [0.717, 1.165) is 37.1 Å². The van der Waals surface area contributed by atoms with Crippen molar-refractivity contribution in [3.05, 3.63) is 63.7 Å². The summed E-state index contributed by atoms with van der Waals surface area (Å²) in [6, 6.07) is 10.9. The van der Waals surface area contributed by atoms with Crippen molar-refractivity contribution in [3.8, 4) is 5.75 Å². The van der Waals surface area contributed by atoms with Gasteiger partial charge in [0.25, 0.3) is 11.5 Å². The molecule has 0 unspecified atom stereocenters. The second kappa shape index (κ2) is 8.17. The van der Waals surface area contributed by atoms with E-state index in [1.54, 1.807) is 29.9 Å². The molecule has 4 rings (SSSR count). The Balaban J connectivity index is 1.69. The minimum atomic E-state index is -0.261. The minimum absolute atomic E-state index is 0.0200. The van der Waals surface area contributed by atoms with Crippen molar-refractivity contribution in [3.63, 3.8) is 0 Å². The molecule has 0 radical (unpaired) electrons. The van der Waals surface area contributed by atoms with Gasteiger partial charge in [0, 0.05) is 18.5 Å². The number of nitrogens with zero attached hydrogens (tertiary/aromatic N) is 2. The van der Waals surface area contributed by atoms with Crippen molar-refractivity contribution >= 4 is 22.5 Å². The van der Waals surface area contributed by atoms with Crippen LogP contribution in [0.3, 0.4) is 0 Å². The summed E-state index contributed by atoms with van der Waals surface area (Å²) >= 11 is 0. The van der Waals surface area contributed by atoms with Gasteiger partial charge in [-0.15, -0.1) is 0 Å². The first-order chi connectivity index (χ1) is 14.8. The van der Waals surface area contributed by atoms with Crippen LogP contribution in [0, 0.1) is 0 Å². The Morgan fingerprint density at radius 3 is 2.65 bits per heavy atom. The second-order valence-corrected chi connectivity index (χ2v) is 9.15. The van der Waals surface area contributed by atoms with E-state index in [2.05, 4.69) is 26.1 Å². The number of anilines is 1. The summed E-state index contributed by atoms with van der Waals surface area (Å²) in [5.41, 5.74) is 2.67. The Hall–Kier alpha value is -3.15. The molecule has 162 valence electrons. The number of amides is 1. The SMILES string of the molecule is COc1ccc(C(C)(C)C)cc1NC(=O)c1ccc2c(=O)n3c(nc2c1)CCCCC3. The van der Waals surface area contributed by atoms with E-state index in [1.165, 1.54) is 0 Å². The average Bonchev–Trinajstić information content (AvgIpc) is 2.98. The molecule has 2 heterocycles. The summed E-state index contributed by atoms with van der Waals surface area (Å²) in [5.74, 6) is 1.15. The number of hydrogen-bond acceptors (Lipinski definition) is 4. The van der Waals surface area contributed by atoms with Crippen LogP contribution in [0.5, 0.6) is 5.75 Å². The molecular formula is C25H29N3O3. The van der Waals surface area contributed by atoms with Gasteiger partial charge in [0.15, 0.2) is 0 Å². The first kappa shape index (κ1) is 21.1. The van der Waals surface area contributed by atoms with Crippen LogP contribution in [0.2, 0.25) is 0 Å². The van der Waals surface area contributed by atoms with Gasteiger partial charge in [0.2, 0.25) is 0 Å². The molecule has 0 atom stereocenters. The van der Waals surface area contributed by atoms with E-state index in [1.807, 2.05) is 18.2 Å². The zero-order chi connectivity index (χ0) is 22.2. The van der Waals surface area contributed by atoms with Gasteiger partial charge in [-0.3, -0.25) is 14.2 Å². The third kappa shape index (κ3) is 4.20. The van der Waals surface area contributed by atoms with E-state index in [0.29, 0.717) is 34.4 Å². The van der Waals surface area contributed by atoms with E-state index in [4.69, 9.17) is 9.72 Å². The van der Waals surface area contributed by atoms with Crippen molar-refractivity contribution in [2.24, 2.45) is 0 Å². The van der Waals surface area contributed by atoms with Gasteiger partial charge < -0.3 is 10.1 Å². The maximum Gasteiger partial charge on any atom is 0.261 e. The minimum Gasteiger partial charge on any atom is -0.495 e. The van der Waals surface area contributed by atoms with Crippen LogP contribution in [0.25, 0.3) is 10.9 Å². The number of ether oxygens (including phenoxy) is 1. The number of aryl methyl sites for hydroxylation is 1. The summed E-state index contributed by atoms with van der Waals surface area (Å²) in [6.45, 7) is 7.08. The summed E-state index contributed by atoms with van der Waals surface area (Å²) in [5, 5.41) is 3.52. The molecule has 6 heteroatoms. The van der Waals surface area contributed by atoms with E-state index in [-0.39, 0.29) is 16.9 Å². The average molecular weight is 420 g/mol. The molecule has 0 saturated heterocycles.